The van der Waals surface area contributed by atoms with E-state index in [2.05, 4.69) is 5.32 Å². The Balaban J connectivity index is 1.65. The van der Waals surface area contributed by atoms with Gasteiger partial charge in [-0.1, -0.05) is 34.1 Å². The van der Waals surface area contributed by atoms with E-state index in [1.807, 2.05) is 39.8 Å². The smallest absolute Gasteiger partial charge is 0.220 e. The molecule has 0 aliphatic carbocycles. The number of methoxy groups -OCH3 is 2. The lowest BCUT2D eigenvalue weighted by molar-refractivity contribution is -0.121. The van der Waals surface area contributed by atoms with Crippen LogP contribution in [0.3, 0.4) is 0 Å². The highest BCUT2D eigenvalue weighted by molar-refractivity contribution is 8.77. The Hall–Kier alpha value is -1.01. The SMILES string of the molecule is COc1ccc(CNC(=O)CCCC[C@H]2CCSS2)cc1OC. The van der Waals surface area contributed by atoms with Gasteiger partial charge in [0.05, 0.1) is 14.2 Å². The van der Waals surface area contributed by atoms with Crippen molar-refractivity contribution < 1.29 is 14.3 Å². The maximum absolute atomic E-state index is 11.9. The minimum atomic E-state index is 0.119. The van der Waals surface area contributed by atoms with E-state index in [4.69, 9.17) is 9.47 Å². The maximum atomic E-state index is 11.9. The summed E-state index contributed by atoms with van der Waals surface area (Å²) in [4.78, 5) is 11.9. The van der Waals surface area contributed by atoms with Gasteiger partial charge >= 0.3 is 0 Å². The Kier molecular flexibility index (Phi) is 7.95. The molecule has 0 bridgehead atoms. The molecule has 1 aliphatic rings. The highest BCUT2D eigenvalue weighted by atomic mass is 33.1. The van der Waals surface area contributed by atoms with Gasteiger partial charge in [-0.3, -0.25) is 4.79 Å². The van der Waals surface area contributed by atoms with Crippen LogP contribution in [0.4, 0.5) is 0 Å². The first-order valence-corrected chi connectivity index (χ1v) is 10.4. The summed E-state index contributed by atoms with van der Waals surface area (Å²) in [7, 11) is 7.21. The van der Waals surface area contributed by atoms with Gasteiger partial charge in [0.15, 0.2) is 11.5 Å². The van der Waals surface area contributed by atoms with Crippen molar-refractivity contribution in [3.05, 3.63) is 23.8 Å². The summed E-state index contributed by atoms with van der Waals surface area (Å²) >= 11 is 0. The summed E-state index contributed by atoms with van der Waals surface area (Å²) < 4.78 is 10.5. The van der Waals surface area contributed by atoms with Gasteiger partial charge in [-0.15, -0.1) is 0 Å². The van der Waals surface area contributed by atoms with Gasteiger partial charge < -0.3 is 14.8 Å². The number of carbonyl (C=O) groups excluding carboxylic acids is 1. The molecule has 1 N–H and O–H groups in total. The molecule has 1 aromatic rings. The number of amides is 1. The minimum Gasteiger partial charge on any atom is -0.493 e. The van der Waals surface area contributed by atoms with Gasteiger partial charge in [-0.2, -0.15) is 0 Å². The molecular weight excluding hydrogens is 330 g/mol. The lowest BCUT2D eigenvalue weighted by Crippen LogP contribution is -2.22. The van der Waals surface area contributed by atoms with Crippen LogP contribution in [-0.4, -0.2) is 31.1 Å². The molecule has 0 spiro atoms. The van der Waals surface area contributed by atoms with Crippen LogP contribution in [0.25, 0.3) is 0 Å². The van der Waals surface area contributed by atoms with E-state index in [0.717, 1.165) is 23.7 Å². The fraction of sp³-hybridized carbons (Fsp3) is 0.588. The van der Waals surface area contributed by atoms with Crippen molar-refractivity contribution in [2.45, 2.75) is 43.9 Å². The highest BCUT2D eigenvalue weighted by Gasteiger charge is 2.15. The number of benzene rings is 1. The van der Waals surface area contributed by atoms with Gasteiger partial charge in [0, 0.05) is 24.0 Å². The van der Waals surface area contributed by atoms with Crippen molar-refractivity contribution in [3.8, 4) is 11.5 Å². The normalized spacial score (nSPS) is 17.0. The summed E-state index contributed by atoms with van der Waals surface area (Å²) in [6.07, 6.45) is 5.28. The molecule has 1 amide bonds. The number of rotatable bonds is 9. The van der Waals surface area contributed by atoms with Gasteiger partial charge in [-0.05, 0) is 37.0 Å². The zero-order chi connectivity index (χ0) is 16.5. The van der Waals surface area contributed by atoms with Crippen LogP contribution in [-0.2, 0) is 11.3 Å². The van der Waals surface area contributed by atoms with Crippen molar-refractivity contribution in [2.24, 2.45) is 0 Å². The van der Waals surface area contributed by atoms with E-state index in [1.165, 1.54) is 18.6 Å². The number of ether oxygens (including phenoxy) is 2. The molecule has 1 saturated heterocycles. The molecule has 4 nitrogen and oxygen atoms in total. The molecule has 1 aliphatic heterocycles. The molecule has 23 heavy (non-hydrogen) atoms. The van der Waals surface area contributed by atoms with Crippen LogP contribution in [0.1, 0.15) is 37.7 Å². The van der Waals surface area contributed by atoms with Crippen LogP contribution < -0.4 is 14.8 Å². The van der Waals surface area contributed by atoms with Crippen LogP contribution in [0, 0.1) is 0 Å². The molecule has 1 atom stereocenters. The third-order valence-electron chi connectivity index (χ3n) is 3.84. The predicted molar refractivity (Wildman–Crippen MR) is 98.3 cm³/mol. The Morgan fingerprint density at radius 3 is 2.78 bits per heavy atom. The Labute approximate surface area is 146 Å². The van der Waals surface area contributed by atoms with E-state index < -0.39 is 0 Å². The predicted octanol–water partition coefficient (Wildman–Crippen LogP) is 4.03. The van der Waals surface area contributed by atoms with Crippen LogP contribution in [0.5, 0.6) is 11.5 Å². The lowest BCUT2D eigenvalue weighted by Gasteiger charge is -2.10. The monoisotopic (exact) mass is 355 g/mol. The van der Waals surface area contributed by atoms with E-state index in [0.29, 0.717) is 24.5 Å². The maximum Gasteiger partial charge on any atom is 0.220 e. The first-order chi connectivity index (χ1) is 11.2. The lowest BCUT2D eigenvalue weighted by atomic mass is 10.1. The summed E-state index contributed by atoms with van der Waals surface area (Å²) in [5.74, 6) is 2.78. The fourth-order valence-corrected chi connectivity index (χ4v) is 5.53. The average Bonchev–Trinajstić information content (AvgIpc) is 3.10. The number of hydrogen-bond donors (Lipinski definition) is 1. The highest BCUT2D eigenvalue weighted by Crippen LogP contribution is 2.39. The summed E-state index contributed by atoms with van der Waals surface area (Å²) in [5, 5.41) is 3.77. The summed E-state index contributed by atoms with van der Waals surface area (Å²) in [5.41, 5.74) is 1.01. The first kappa shape index (κ1) is 18.3. The first-order valence-electron chi connectivity index (χ1n) is 7.99. The molecule has 6 heteroatoms. The summed E-state index contributed by atoms with van der Waals surface area (Å²) in [6.45, 7) is 0.522. The molecule has 0 radical (unpaired) electrons. The Morgan fingerprint density at radius 2 is 2.09 bits per heavy atom. The fourth-order valence-electron chi connectivity index (χ4n) is 2.50. The van der Waals surface area contributed by atoms with Crippen LogP contribution in [0.2, 0.25) is 0 Å². The second-order valence-electron chi connectivity index (χ2n) is 5.54. The standard InChI is InChI=1S/C17H25NO3S2/c1-20-15-8-7-13(11-16(15)21-2)12-18-17(19)6-4-3-5-14-9-10-22-23-14/h7-8,11,14H,3-6,9-10,12H2,1-2H3,(H,18,19)/t14-/m0/s1. The largest absolute Gasteiger partial charge is 0.493 e. The number of unbranched alkanes of at least 4 members (excludes halogenated alkanes) is 1. The molecule has 2 rings (SSSR count). The Morgan fingerprint density at radius 1 is 1.26 bits per heavy atom. The third-order valence-corrected chi connectivity index (χ3v) is 6.85. The quantitative estimate of drug-likeness (QED) is 0.535. The minimum absolute atomic E-state index is 0.119. The van der Waals surface area contributed by atoms with E-state index in [9.17, 15) is 4.79 Å². The van der Waals surface area contributed by atoms with Crippen molar-refractivity contribution in [2.75, 3.05) is 20.0 Å². The van der Waals surface area contributed by atoms with Gasteiger partial charge in [0.2, 0.25) is 5.91 Å². The summed E-state index contributed by atoms with van der Waals surface area (Å²) in [6, 6.07) is 5.70. The van der Waals surface area contributed by atoms with Gasteiger partial charge in [0.1, 0.15) is 0 Å². The van der Waals surface area contributed by atoms with Crippen molar-refractivity contribution in [1.29, 1.82) is 0 Å². The van der Waals surface area contributed by atoms with Crippen LogP contribution in [0.15, 0.2) is 18.2 Å². The van der Waals surface area contributed by atoms with Crippen molar-refractivity contribution in [3.63, 3.8) is 0 Å². The Bertz CT molecular complexity index is 505. The number of hydrogen-bond acceptors (Lipinski definition) is 5. The molecule has 1 fully saturated rings. The average molecular weight is 356 g/mol. The zero-order valence-corrected chi connectivity index (χ0v) is 15.4. The van der Waals surface area contributed by atoms with Gasteiger partial charge in [0.25, 0.3) is 0 Å². The third kappa shape index (κ3) is 6.18. The van der Waals surface area contributed by atoms with E-state index >= 15 is 0 Å². The number of nitrogens with one attached hydrogen (secondary N) is 1. The molecule has 128 valence electrons. The zero-order valence-electron chi connectivity index (χ0n) is 13.8. The second-order valence-corrected chi connectivity index (χ2v) is 8.33. The van der Waals surface area contributed by atoms with Gasteiger partial charge in [-0.25, -0.2) is 0 Å². The van der Waals surface area contributed by atoms with Crippen molar-refractivity contribution >= 4 is 27.5 Å². The van der Waals surface area contributed by atoms with E-state index in [-0.39, 0.29) is 5.91 Å². The van der Waals surface area contributed by atoms with E-state index in [1.54, 1.807) is 14.2 Å². The second kappa shape index (κ2) is 9.98. The molecular formula is C17H25NO3S2. The van der Waals surface area contributed by atoms with Crippen molar-refractivity contribution in [1.82, 2.24) is 5.32 Å². The molecule has 1 heterocycles. The molecule has 0 aromatic heterocycles. The number of carbonyl (C=O) groups is 1. The topological polar surface area (TPSA) is 47.6 Å². The molecule has 0 saturated carbocycles. The van der Waals surface area contributed by atoms with Crippen LogP contribution >= 0.6 is 21.6 Å². The molecule has 1 aromatic carbocycles. The molecule has 0 unspecified atom stereocenters.